The SMILES string of the molecule is COc1ccc(Cl)cc1N1CCN(c2ncc(C(=O)NCc3ccc4c(c3)OCO4)c(OC)n2)CC1. The molecule has 1 amide bonds. The van der Waals surface area contributed by atoms with Crippen LogP contribution in [0.1, 0.15) is 15.9 Å². The topological polar surface area (TPSA) is 98.3 Å². The van der Waals surface area contributed by atoms with Crippen LogP contribution in [0, 0.1) is 0 Å². The summed E-state index contributed by atoms with van der Waals surface area (Å²) in [5, 5.41) is 3.54. The molecule has 2 aliphatic heterocycles. The lowest BCUT2D eigenvalue weighted by Gasteiger charge is -2.36. The fourth-order valence-corrected chi connectivity index (χ4v) is 4.37. The molecule has 36 heavy (non-hydrogen) atoms. The highest BCUT2D eigenvalue weighted by Crippen LogP contribution is 2.33. The number of hydrogen-bond donors (Lipinski definition) is 1. The van der Waals surface area contributed by atoms with Crippen LogP contribution in [-0.4, -0.2) is 63.1 Å². The fraction of sp³-hybridized carbons (Fsp3) is 0.320. The molecule has 1 N–H and O–H groups in total. The van der Waals surface area contributed by atoms with Gasteiger partial charge in [0.25, 0.3) is 5.91 Å². The zero-order chi connectivity index (χ0) is 25.1. The van der Waals surface area contributed by atoms with E-state index in [1.54, 1.807) is 7.11 Å². The summed E-state index contributed by atoms with van der Waals surface area (Å²) < 4.78 is 21.6. The number of methoxy groups -OCH3 is 2. The van der Waals surface area contributed by atoms with Crippen LogP contribution in [0.4, 0.5) is 11.6 Å². The van der Waals surface area contributed by atoms with Gasteiger partial charge in [0, 0.05) is 43.9 Å². The molecule has 2 aromatic carbocycles. The lowest BCUT2D eigenvalue weighted by molar-refractivity contribution is 0.0946. The molecule has 0 atom stereocenters. The summed E-state index contributed by atoms with van der Waals surface area (Å²) in [4.78, 5) is 26.1. The van der Waals surface area contributed by atoms with Crippen LogP contribution in [0.15, 0.2) is 42.6 Å². The van der Waals surface area contributed by atoms with Gasteiger partial charge in [0.1, 0.15) is 11.3 Å². The highest BCUT2D eigenvalue weighted by molar-refractivity contribution is 6.30. The van der Waals surface area contributed by atoms with Crippen molar-refractivity contribution in [3.05, 3.63) is 58.7 Å². The van der Waals surface area contributed by atoms with E-state index in [1.807, 2.05) is 36.4 Å². The first-order valence-electron chi connectivity index (χ1n) is 11.5. The van der Waals surface area contributed by atoms with Crippen LogP contribution >= 0.6 is 11.6 Å². The van der Waals surface area contributed by atoms with Crippen LogP contribution in [0.25, 0.3) is 0 Å². The Hall–Kier alpha value is -3.92. The predicted octanol–water partition coefficient (Wildman–Crippen LogP) is 3.13. The van der Waals surface area contributed by atoms with Crippen LogP contribution in [0.3, 0.4) is 0 Å². The molecule has 0 bridgehead atoms. The number of benzene rings is 2. The van der Waals surface area contributed by atoms with Gasteiger partial charge in [-0.25, -0.2) is 4.98 Å². The van der Waals surface area contributed by atoms with Crippen LogP contribution in [0.5, 0.6) is 23.1 Å². The molecular formula is C25H26ClN5O5. The van der Waals surface area contributed by atoms with Gasteiger partial charge < -0.3 is 34.1 Å². The monoisotopic (exact) mass is 511 g/mol. The molecule has 1 saturated heterocycles. The van der Waals surface area contributed by atoms with E-state index >= 15 is 0 Å². The Balaban J connectivity index is 1.23. The Bertz CT molecular complexity index is 1270. The minimum absolute atomic E-state index is 0.204. The summed E-state index contributed by atoms with van der Waals surface area (Å²) in [6, 6.07) is 11.1. The Morgan fingerprint density at radius 3 is 2.58 bits per heavy atom. The number of halogens is 1. The van der Waals surface area contributed by atoms with E-state index in [1.165, 1.54) is 13.3 Å². The molecule has 1 fully saturated rings. The van der Waals surface area contributed by atoms with Crippen LogP contribution in [0.2, 0.25) is 5.02 Å². The highest BCUT2D eigenvalue weighted by Gasteiger charge is 2.24. The minimum Gasteiger partial charge on any atom is -0.495 e. The van der Waals surface area contributed by atoms with Crippen molar-refractivity contribution in [2.24, 2.45) is 0 Å². The number of rotatable bonds is 7. The molecule has 10 nitrogen and oxygen atoms in total. The number of nitrogens with one attached hydrogen (secondary N) is 1. The van der Waals surface area contributed by atoms with Gasteiger partial charge in [0.05, 0.1) is 19.9 Å². The smallest absolute Gasteiger partial charge is 0.258 e. The molecule has 0 unspecified atom stereocenters. The van der Waals surface area contributed by atoms with Gasteiger partial charge in [-0.3, -0.25) is 4.79 Å². The van der Waals surface area contributed by atoms with Gasteiger partial charge in [-0.2, -0.15) is 4.98 Å². The summed E-state index contributed by atoms with van der Waals surface area (Å²) in [6.07, 6.45) is 1.50. The standard InChI is InChI=1S/C25H26ClN5O5/c1-33-20-6-4-17(26)12-19(20)30-7-9-31(10-8-30)25-28-14-18(24(29-25)34-2)23(32)27-13-16-3-5-21-22(11-16)36-15-35-21/h3-6,11-12,14H,7-10,13,15H2,1-2H3,(H,27,32). The van der Waals surface area contributed by atoms with E-state index in [9.17, 15) is 4.79 Å². The number of aromatic nitrogens is 2. The number of hydrogen-bond acceptors (Lipinski definition) is 9. The van der Waals surface area contributed by atoms with E-state index in [0.29, 0.717) is 42.1 Å². The maximum absolute atomic E-state index is 12.8. The number of fused-ring (bicyclic) bond motifs is 1. The third kappa shape index (κ3) is 4.90. The van der Waals surface area contributed by atoms with Crippen molar-refractivity contribution >= 4 is 29.1 Å². The molecule has 1 aromatic heterocycles. The molecular weight excluding hydrogens is 486 g/mol. The lowest BCUT2D eigenvalue weighted by atomic mass is 10.2. The first-order valence-corrected chi connectivity index (χ1v) is 11.8. The van der Waals surface area contributed by atoms with E-state index in [0.717, 1.165) is 30.1 Å². The number of carbonyl (C=O) groups is 1. The molecule has 11 heteroatoms. The van der Waals surface area contributed by atoms with Crippen molar-refractivity contribution < 1.29 is 23.7 Å². The third-order valence-electron chi connectivity index (χ3n) is 6.11. The van der Waals surface area contributed by atoms with Crippen molar-refractivity contribution in [2.45, 2.75) is 6.54 Å². The maximum Gasteiger partial charge on any atom is 0.258 e. The molecule has 188 valence electrons. The summed E-state index contributed by atoms with van der Waals surface area (Å²) in [5.41, 5.74) is 2.11. The Morgan fingerprint density at radius 1 is 1.03 bits per heavy atom. The fourth-order valence-electron chi connectivity index (χ4n) is 4.21. The Kier molecular flexibility index (Phi) is 6.86. The van der Waals surface area contributed by atoms with Crippen molar-refractivity contribution in [1.29, 1.82) is 0 Å². The molecule has 3 heterocycles. The van der Waals surface area contributed by atoms with E-state index in [2.05, 4.69) is 25.1 Å². The average Bonchev–Trinajstić information content (AvgIpc) is 3.39. The second kappa shape index (κ2) is 10.4. The van der Waals surface area contributed by atoms with Gasteiger partial charge in [-0.05, 0) is 35.9 Å². The van der Waals surface area contributed by atoms with Crippen molar-refractivity contribution in [3.8, 4) is 23.1 Å². The van der Waals surface area contributed by atoms with Crippen LogP contribution < -0.4 is 34.1 Å². The summed E-state index contributed by atoms with van der Waals surface area (Å²) in [6.45, 7) is 3.37. The predicted molar refractivity (Wildman–Crippen MR) is 135 cm³/mol. The second-order valence-electron chi connectivity index (χ2n) is 8.25. The molecule has 0 saturated carbocycles. The van der Waals surface area contributed by atoms with Gasteiger partial charge in [-0.1, -0.05) is 17.7 Å². The number of ether oxygens (including phenoxy) is 4. The third-order valence-corrected chi connectivity index (χ3v) is 6.35. The summed E-state index contributed by atoms with van der Waals surface area (Å²) in [5.74, 6) is 2.55. The Morgan fingerprint density at radius 2 is 1.81 bits per heavy atom. The number of piperazine rings is 1. The minimum atomic E-state index is -0.325. The molecule has 0 radical (unpaired) electrons. The summed E-state index contributed by atoms with van der Waals surface area (Å²) in [7, 11) is 3.14. The number of carbonyl (C=O) groups excluding carboxylic acids is 1. The second-order valence-corrected chi connectivity index (χ2v) is 8.69. The molecule has 0 aliphatic carbocycles. The van der Waals surface area contributed by atoms with Gasteiger partial charge in [0.2, 0.25) is 18.6 Å². The maximum atomic E-state index is 12.8. The normalized spacial score (nSPS) is 14.5. The van der Waals surface area contributed by atoms with Gasteiger partial charge >= 0.3 is 0 Å². The average molecular weight is 512 g/mol. The molecule has 3 aromatic rings. The van der Waals surface area contributed by atoms with E-state index in [4.69, 9.17) is 30.5 Å². The largest absolute Gasteiger partial charge is 0.495 e. The van der Waals surface area contributed by atoms with Crippen LogP contribution in [-0.2, 0) is 6.54 Å². The van der Waals surface area contributed by atoms with Crippen molar-refractivity contribution in [2.75, 3.05) is 57.0 Å². The first kappa shape index (κ1) is 23.8. The van der Waals surface area contributed by atoms with Crippen molar-refractivity contribution in [1.82, 2.24) is 15.3 Å². The lowest BCUT2D eigenvalue weighted by Crippen LogP contribution is -2.47. The van der Waals surface area contributed by atoms with Crippen molar-refractivity contribution in [3.63, 3.8) is 0 Å². The zero-order valence-corrected chi connectivity index (χ0v) is 20.7. The number of nitrogens with zero attached hydrogens (tertiary/aromatic N) is 4. The van der Waals surface area contributed by atoms with E-state index in [-0.39, 0.29) is 24.1 Å². The molecule has 2 aliphatic rings. The Labute approximate surface area is 213 Å². The summed E-state index contributed by atoms with van der Waals surface area (Å²) >= 11 is 6.20. The molecule has 0 spiro atoms. The quantitative estimate of drug-likeness (QED) is 0.513. The first-order chi connectivity index (χ1) is 17.6. The van der Waals surface area contributed by atoms with Gasteiger partial charge in [0.15, 0.2) is 11.5 Å². The molecule has 5 rings (SSSR count). The van der Waals surface area contributed by atoms with E-state index < -0.39 is 0 Å². The number of anilines is 2. The zero-order valence-electron chi connectivity index (χ0n) is 20.0. The van der Waals surface area contributed by atoms with Gasteiger partial charge in [-0.15, -0.1) is 0 Å². The highest BCUT2D eigenvalue weighted by atomic mass is 35.5. The number of amides is 1.